The second kappa shape index (κ2) is 4.25. The molecule has 0 fully saturated rings. The van der Waals surface area contributed by atoms with E-state index in [-0.39, 0.29) is 11.8 Å². The maximum atomic E-state index is 12.3. The molecule has 18 heavy (non-hydrogen) atoms. The van der Waals surface area contributed by atoms with Crippen molar-refractivity contribution in [3.63, 3.8) is 0 Å². The molecule has 0 bridgehead atoms. The van der Waals surface area contributed by atoms with Gasteiger partial charge in [-0.3, -0.25) is 9.89 Å². The quantitative estimate of drug-likeness (QED) is 0.876. The summed E-state index contributed by atoms with van der Waals surface area (Å²) in [6.45, 7) is 0.470. The van der Waals surface area contributed by atoms with Crippen molar-refractivity contribution < 1.29 is 4.79 Å². The van der Waals surface area contributed by atoms with Crippen LogP contribution in [0.4, 0.5) is 0 Å². The number of benzene rings is 1. The van der Waals surface area contributed by atoms with Gasteiger partial charge in [0.1, 0.15) is 12.2 Å². The van der Waals surface area contributed by atoms with Crippen LogP contribution in [0.25, 0.3) is 0 Å². The number of hydrogen-bond donors (Lipinski definition) is 1. The summed E-state index contributed by atoms with van der Waals surface area (Å²) in [7, 11) is 1.80. The first kappa shape index (κ1) is 11.0. The molecule has 92 valence electrons. The van der Waals surface area contributed by atoms with Gasteiger partial charge in [0.15, 0.2) is 0 Å². The zero-order valence-electron chi connectivity index (χ0n) is 10.1. The number of carbonyl (C=O) groups is 1. The third kappa shape index (κ3) is 1.77. The summed E-state index contributed by atoms with van der Waals surface area (Å²) in [6.07, 6.45) is 2.29. The van der Waals surface area contributed by atoms with Crippen molar-refractivity contribution in [1.29, 1.82) is 0 Å². The van der Waals surface area contributed by atoms with E-state index < -0.39 is 0 Å². The zero-order valence-corrected chi connectivity index (χ0v) is 10.1. The Bertz CT molecular complexity index is 564. The van der Waals surface area contributed by atoms with Crippen molar-refractivity contribution in [3.05, 3.63) is 47.5 Å². The van der Waals surface area contributed by atoms with Gasteiger partial charge < -0.3 is 4.90 Å². The van der Waals surface area contributed by atoms with Crippen molar-refractivity contribution in [2.45, 2.75) is 18.9 Å². The largest absolute Gasteiger partial charge is 0.338 e. The van der Waals surface area contributed by atoms with Gasteiger partial charge in [0.05, 0.1) is 12.5 Å². The number of nitrogens with zero attached hydrogens (tertiary/aromatic N) is 3. The van der Waals surface area contributed by atoms with Crippen molar-refractivity contribution in [3.8, 4) is 0 Å². The number of aromatic amines is 1. The van der Waals surface area contributed by atoms with Crippen molar-refractivity contribution >= 4 is 5.91 Å². The minimum absolute atomic E-state index is 0.00845. The normalized spacial score (nSPS) is 16.8. The molecule has 0 spiro atoms. The minimum Gasteiger partial charge on any atom is -0.338 e. The van der Waals surface area contributed by atoms with Crippen LogP contribution in [0, 0.1) is 0 Å². The molecule has 5 heteroatoms. The number of fused-ring (bicyclic) bond motifs is 1. The summed E-state index contributed by atoms with van der Waals surface area (Å²) in [6, 6.07) is 8.10. The van der Waals surface area contributed by atoms with Gasteiger partial charge in [-0.05, 0) is 17.5 Å². The van der Waals surface area contributed by atoms with E-state index in [9.17, 15) is 4.79 Å². The average molecular weight is 242 g/mol. The van der Waals surface area contributed by atoms with E-state index in [1.54, 1.807) is 11.9 Å². The topological polar surface area (TPSA) is 61.9 Å². The van der Waals surface area contributed by atoms with Gasteiger partial charge in [-0.25, -0.2) is 4.98 Å². The van der Waals surface area contributed by atoms with Gasteiger partial charge in [-0.15, -0.1) is 0 Å². The number of H-pyrrole nitrogens is 1. The molecule has 0 aliphatic heterocycles. The minimum atomic E-state index is 0.00845. The number of carbonyl (C=O) groups excluding carboxylic acids is 1. The van der Waals surface area contributed by atoms with Gasteiger partial charge in [-0.2, -0.15) is 5.10 Å². The van der Waals surface area contributed by atoms with E-state index in [0.29, 0.717) is 12.4 Å². The SMILES string of the molecule is CN(Cc1ncn[nH]1)C(=O)C1Cc2ccccc21. The van der Waals surface area contributed by atoms with Crippen LogP contribution in [0.15, 0.2) is 30.6 Å². The van der Waals surface area contributed by atoms with Crippen LogP contribution in [0.5, 0.6) is 0 Å². The smallest absolute Gasteiger partial charge is 0.230 e. The van der Waals surface area contributed by atoms with Crippen LogP contribution in [-0.2, 0) is 17.8 Å². The van der Waals surface area contributed by atoms with Crippen LogP contribution >= 0.6 is 0 Å². The molecule has 1 heterocycles. The lowest BCUT2D eigenvalue weighted by Crippen LogP contribution is -2.36. The first-order valence-electron chi connectivity index (χ1n) is 5.92. The fourth-order valence-corrected chi connectivity index (χ4v) is 2.35. The molecule has 1 unspecified atom stereocenters. The summed E-state index contributed by atoms with van der Waals surface area (Å²) < 4.78 is 0. The molecule has 1 aliphatic rings. The summed E-state index contributed by atoms with van der Waals surface area (Å²) in [5.41, 5.74) is 2.44. The molecule has 5 nitrogen and oxygen atoms in total. The van der Waals surface area contributed by atoms with E-state index in [1.165, 1.54) is 11.9 Å². The maximum absolute atomic E-state index is 12.3. The Hall–Kier alpha value is -2.17. The number of nitrogens with one attached hydrogen (secondary N) is 1. The van der Waals surface area contributed by atoms with Gasteiger partial charge in [-0.1, -0.05) is 24.3 Å². The van der Waals surface area contributed by atoms with Crippen molar-refractivity contribution in [1.82, 2.24) is 20.1 Å². The fourth-order valence-electron chi connectivity index (χ4n) is 2.35. The summed E-state index contributed by atoms with van der Waals surface area (Å²) >= 11 is 0. The molecular weight excluding hydrogens is 228 g/mol. The van der Waals surface area contributed by atoms with Gasteiger partial charge >= 0.3 is 0 Å². The van der Waals surface area contributed by atoms with E-state index in [4.69, 9.17) is 0 Å². The second-order valence-corrected chi connectivity index (χ2v) is 4.58. The summed E-state index contributed by atoms with van der Waals surface area (Å²) in [5, 5.41) is 6.54. The van der Waals surface area contributed by atoms with Crippen molar-refractivity contribution in [2.75, 3.05) is 7.05 Å². The maximum Gasteiger partial charge on any atom is 0.230 e. The third-order valence-corrected chi connectivity index (χ3v) is 3.38. The molecule has 1 aromatic carbocycles. The lowest BCUT2D eigenvalue weighted by atomic mass is 9.77. The molecule has 1 N–H and O–H groups in total. The predicted octanol–water partition coefficient (Wildman–Crippen LogP) is 1.10. The van der Waals surface area contributed by atoms with Crippen LogP contribution < -0.4 is 0 Å². The van der Waals surface area contributed by atoms with Crippen molar-refractivity contribution in [2.24, 2.45) is 0 Å². The zero-order chi connectivity index (χ0) is 12.5. The highest BCUT2D eigenvalue weighted by Gasteiger charge is 2.33. The number of aromatic nitrogens is 3. The Morgan fingerprint density at radius 3 is 3.06 bits per heavy atom. The number of rotatable bonds is 3. The summed E-state index contributed by atoms with van der Waals surface area (Å²) in [5.74, 6) is 0.859. The lowest BCUT2D eigenvalue weighted by molar-refractivity contribution is -0.132. The van der Waals surface area contributed by atoms with Crippen LogP contribution in [0.2, 0.25) is 0 Å². The standard InChI is InChI=1S/C13H14N4O/c1-17(7-12-14-8-15-16-12)13(18)11-6-9-4-2-3-5-10(9)11/h2-5,8,11H,6-7H2,1H3,(H,14,15,16). The highest BCUT2D eigenvalue weighted by molar-refractivity contribution is 5.86. The first-order chi connectivity index (χ1) is 8.75. The Morgan fingerprint density at radius 2 is 2.33 bits per heavy atom. The molecule has 1 atom stereocenters. The van der Waals surface area contributed by atoms with E-state index in [1.807, 2.05) is 18.2 Å². The Labute approximate surface area is 105 Å². The number of amides is 1. The van der Waals surface area contributed by atoms with Crippen LogP contribution in [0.1, 0.15) is 22.9 Å². The summed E-state index contributed by atoms with van der Waals surface area (Å²) in [4.78, 5) is 18.0. The predicted molar refractivity (Wildman–Crippen MR) is 65.7 cm³/mol. The monoisotopic (exact) mass is 242 g/mol. The molecular formula is C13H14N4O. The number of likely N-dealkylation sites (N-methyl/N-ethyl adjacent to an activating group) is 1. The molecule has 2 aromatic rings. The van der Waals surface area contributed by atoms with Gasteiger partial charge in [0.2, 0.25) is 5.91 Å². The Kier molecular flexibility index (Phi) is 2.59. The van der Waals surface area contributed by atoms with E-state index in [2.05, 4.69) is 21.2 Å². The Morgan fingerprint density at radius 1 is 1.50 bits per heavy atom. The highest BCUT2D eigenvalue weighted by Crippen LogP contribution is 2.35. The second-order valence-electron chi connectivity index (χ2n) is 4.58. The van der Waals surface area contributed by atoms with E-state index >= 15 is 0 Å². The molecule has 0 radical (unpaired) electrons. The first-order valence-corrected chi connectivity index (χ1v) is 5.92. The van der Waals surface area contributed by atoms with Gasteiger partial charge in [0, 0.05) is 7.05 Å². The van der Waals surface area contributed by atoms with Crippen LogP contribution in [-0.4, -0.2) is 33.0 Å². The van der Waals surface area contributed by atoms with Gasteiger partial charge in [0.25, 0.3) is 0 Å². The third-order valence-electron chi connectivity index (χ3n) is 3.38. The molecule has 3 rings (SSSR count). The fraction of sp³-hybridized carbons (Fsp3) is 0.308. The molecule has 1 aliphatic carbocycles. The molecule has 0 saturated heterocycles. The highest BCUT2D eigenvalue weighted by atomic mass is 16.2. The molecule has 1 aromatic heterocycles. The lowest BCUT2D eigenvalue weighted by Gasteiger charge is -2.32. The average Bonchev–Trinajstić information content (AvgIpc) is 2.83. The van der Waals surface area contributed by atoms with Crippen LogP contribution in [0.3, 0.4) is 0 Å². The Balaban J connectivity index is 1.69. The number of hydrogen-bond acceptors (Lipinski definition) is 3. The molecule has 1 amide bonds. The van der Waals surface area contributed by atoms with E-state index in [0.717, 1.165) is 12.0 Å². The molecule has 0 saturated carbocycles.